The molecular weight excluding hydrogens is 380 g/mol. The summed E-state index contributed by atoms with van der Waals surface area (Å²) in [7, 11) is -3.51. The van der Waals surface area contributed by atoms with Crippen molar-refractivity contribution >= 4 is 33.4 Å². The van der Waals surface area contributed by atoms with Crippen LogP contribution in [0.4, 0.5) is 5.69 Å². The zero-order valence-corrected chi connectivity index (χ0v) is 16.6. The number of nitrogens with one attached hydrogen (secondary N) is 1. The summed E-state index contributed by atoms with van der Waals surface area (Å²) in [5.74, 6) is -0.0938. The molecule has 0 bridgehead atoms. The fourth-order valence-electron chi connectivity index (χ4n) is 3.54. The summed E-state index contributed by atoms with van der Waals surface area (Å²) in [4.78, 5) is 14.0. The summed E-state index contributed by atoms with van der Waals surface area (Å²) in [5, 5.41) is 2.70. The molecule has 5 nitrogen and oxygen atoms in total. The molecular formula is C20H22N2O3S2. The predicted molar refractivity (Wildman–Crippen MR) is 107 cm³/mol. The maximum atomic E-state index is 12.8. The van der Waals surface area contributed by atoms with Crippen LogP contribution in [0, 0.1) is 0 Å². The molecule has 4 rings (SSSR count). The van der Waals surface area contributed by atoms with Gasteiger partial charge in [0.05, 0.1) is 10.1 Å². The third-order valence-electron chi connectivity index (χ3n) is 4.99. The molecule has 142 valence electrons. The molecule has 7 heteroatoms. The standard InChI is InChI=1S/C20H22N2O3S2/c23-20(19-13-15-7-2-3-10-18(15)26-19)21-16-8-6-9-17(14-16)27(24,25)22-11-4-1-5-12-22/h2-3,6-10,14,19H,1,4-5,11-13H2,(H,21,23). The molecule has 1 N–H and O–H groups in total. The van der Waals surface area contributed by atoms with Gasteiger partial charge < -0.3 is 5.32 Å². The number of anilines is 1. The molecule has 2 aromatic carbocycles. The van der Waals surface area contributed by atoms with Crippen molar-refractivity contribution < 1.29 is 13.2 Å². The van der Waals surface area contributed by atoms with Gasteiger partial charge in [0.15, 0.2) is 0 Å². The lowest BCUT2D eigenvalue weighted by Crippen LogP contribution is -2.35. The molecule has 27 heavy (non-hydrogen) atoms. The molecule has 0 radical (unpaired) electrons. The second-order valence-corrected chi connectivity index (χ2v) is 10.1. The second-order valence-electron chi connectivity index (χ2n) is 6.90. The van der Waals surface area contributed by atoms with Crippen molar-refractivity contribution in [3.05, 3.63) is 54.1 Å². The molecule has 0 aromatic heterocycles. The van der Waals surface area contributed by atoms with E-state index in [-0.39, 0.29) is 16.1 Å². The van der Waals surface area contributed by atoms with Crippen LogP contribution in [0.15, 0.2) is 58.3 Å². The number of benzene rings is 2. The molecule has 0 spiro atoms. The fraction of sp³-hybridized carbons (Fsp3) is 0.350. The highest BCUT2D eigenvalue weighted by Crippen LogP contribution is 2.37. The zero-order chi connectivity index (χ0) is 18.9. The number of amides is 1. The van der Waals surface area contributed by atoms with Crippen molar-refractivity contribution in [1.82, 2.24) is 4.31 Å². The van der Waals surface area contributed by atoms with E-state index in [0.29, 0.717) is 25.2 Å². The quantitative estimate of drug-likeness (QED) is 0.850. The monoisotopic (exact) mass is 402 g/mol. The number of sulfonamides is 1. The van der Waals surface area contributed by atoms with Gasteiger partial charge in [0.1, 0.15) is 0 Å². The van der Waals surface area contributed by atoms with Crippen LogP contribution in [-0.4, -0.2) is 37.0 Å². The van der Waals surface area contributed by atoms with E-state index >= 15 is 0 Å². The summed E-state index contributed by atoms with van der Waals surface area (Å²) >= 11 is 1.56. The van der Waals surface area contributed by atoms with Crippen LogP contribution < -0.4 is 5.32 Å². The SMILES string of the molecule is O=C(Nc1cccc(S(=O)(=O)N2CCCCC2)c1)C1Cc2ccccc2S1. The van der Waals surface area contributed by atoms with Gasteiger partial charge in [-0.25, -0.2) is 8.42 Å². The van der Waals surface area contributed by atoms with Crippen molar-refractivity contribution in [2.24, 2.45) is 0 Å². The minimum absolute atomic E-state index is 0.0938. The first-order valence-corrected chi connectivity index (χ1v) is 11.5. The Labute approximate surface area is 164 Å². The van der Waals surface area contributed by atoms with Crippen LogP contribution in [0.2, 0.25) is 0 Å². The van der Waals surface area contributed by atoms with Crippen molar-refractivity contribution in [2.75, 3.05) is 18.4 Å². The molecule has 1 fully saturated rings. The molecule has 1 amide bonds. The number of nitrogens with zero attached hydrogens (tertiary/aromatic N) is 1. The van der Waals surface area contributed by atoms with E-state index in [1.165, 1.54) is 5.56 Å². The number of rotatable bonds is 4. The summed E-state index contributed by atoms with van der Waals surface area (Å²) in [5.41, 5.74) is 1.71. The highest BCUT2D eigenvalue weighted by Gasteiger charge is 2.29. The lowest BCUT2D eigenvalue weighted by molar-refractivity contribution is -0.115. The minimum Gasteiger partial charge on any atom is -0.325 e. The fourth-order valence-corrected chi connectivity index (χ4v) is 6.30. The smallest absolute Gasteiger partial charge is 0.243 e. The number of fused-ring (bicyclic) bond motifs is 1. The Morgan fingerprint density at radius 1 is 1.04 bits per heavy atom. The summed E-state index contributed by atoms with van der Waals surface area (Å²) in [6.45, 7) is 1.13. The van der Waals surface area contributed by atoms with Gasteiger partial charge in [-0.15, -0.1) is 11.8 Å². The van der Waals surface area contributed by atoms with E-state index in [1.807, 2.05) is 24.3 Å². The third-order valence-corrected chi connectivity index (χ3v) is 8.21. The Morgan fingerprint density at radius 3 is 2.59 bits per heavy atom. The lowest BCUT2D eigenvalue weighted by atomic mass is 10.1. The summed E-state index contributed by atoms with van der Waals surface area (Å²) in [6.07, 6.45) is 3.56. The lowest BCUT2D eigenvalue weighted by Gasteiger charge is -2.26. The van der Waals surface area contributed by atoms with Crippen LogP contribution in [0.1, 0.15) is 24.8 Å². The molecule has 1 atom stereocenters. The Hall–Kier alpha value is -1.83. The van der Waals surface area contributed by atoms with Crippen molar-refractivity contribution in [3.8, 4) is 0 Å². The van der Waals surface area contributed by atoms with Gasteiger partial charge in [-0.1, -0.05) is 30.7 Å². The van der Waals surface area contributed by atoms with Crippen molar-refractivity contribution in [2.45, 2.75) is 40.7 Å². The molecule has 0 aliphatic carbocycles. The van der Waals surface area contributed by atoms with Crippen LogP contribution in [-0.2, 0) is 21.2 Å². The Balaban J connectivity index is 1.47. The van der Waals surface area contributed by atoms with Gasteiger partial charge in [-0.3, -0.25) is 4.79 Å². The first kappa shape index (κ1) is 18.5. The van der Waals surface area contributed by atoms with Crippen LogP contribution in [0.3, 0.4) is 0 Å². The number of carbonyl (C=O) groups is 1. The highest BCUT2D eigenvalue weighted by atomic mass is 32.2. The van der Waals surface area contributed by atoms with Gasteiger partial charge in [0, 0.05) is 23.7 Å². The molecule has 2 aromatic rings. The van der Waals surface area contributed by atoms with E-state index in [1.54, 1.807) is 40.3 Å². The predicted octanol–water partition coefficient (Wildman–Crippen LogP) is 3.52. The van der Waals surface area contributed by atoms with Gasteiger partial charge in [0.2, 0.25) is 15.9 Å². The normalized spacial score (nSPS) is 20.2. The molecule has 2 heterocycles. The van der Waals surface area contributed by atoms with E-state index in [2.05, 4.69) is 5.32 Å². The molecule has 1 saturated heterocycles. The Kier molecular flexibility index (Phi) is 5.25. The van der Waals surface area contributed by atoms with E-state index in [9.17, 15) is 13.2 Å². The number of carbonyl (C=O) groups excluding carboxylic acids is 1. The second kappa shape index (κ2) is 7.66. The summed E-state index contributed by atoms with van der Waals surface area (Å²) in [6, 6.07) is 14.6. The van der Waals surface area contributed by atoms with Crippen LogP contribution in [0.5, 0.6) is 0 Å². The van der Waals surface area contributed by atoms with Crippen molar-refractivity contribution in [1.29, 1.82) is 0 Å². The molecule has 1 unspecified atom stereocenters. The summed E-state index contributed by atoms with van der Waals surface area (Å²) < 4.78 is 27.2. The van der Waals surface area contributed by atoms with Crippen molar-refractivity contribution in [3.63, 3.8) is 0 Å². The molecule has 2 aliphatic rings. The van der Waals surface area contributed by atoms with Gasteiger partial charge in [-0.05, 0) is 49.1 Å². The first-order chi connectivity index (χ1) is 13.0. The maximum absolute atomic E-state index is 12.8. The van der Waals surface area contributed by atoms with Crippen LogP contribution >= 0.6 is 11.8 Å². The van der Waals surface area contributed by atoms with Gasteiger partial charge in [-0.2, -0.15) is 4.31 Å². The van der Waals surface area contributed by atoms with Crippen LogP contribution in [0.25, 0.3) is 0 Å². The average molecular weight is 403 g/mol. The Morgan fingerprint density at radius 2 is 1.81 bits per heavy atom. The van der Waals surface area contributed by atoms with E-state index in [4.69, 9.17) is 0 Å². The number of piperidine rings is 1. The minimum atomic E-state index is -3.51. The van der Waals surface area contributed by atoms with Gasteiger partial charge >= 0.3 is 0 Å². The Bertz CT molecular complexity index is 928. The first-order valence-electron chi connectivity index (χ1n) is 9.20. The molecule has 0 saturated carbocycles. The van der Waals surface area contributed by atoms with E-state index in [0.717, 1.165) is 24.2 Å². The highest BCUT2D eigenvalue weighted by molar-refractivity contribution is 8.01. The maximum Gasteiger partial charge on any atom is 0.243 e. The van der Waals surface area contributed by atoms with Gasteiger partial charge in [0.25, 0.3) is 0 Å². The number of hydrogen-bond acceptors (Lipinski definition) is 4. The molecule has 2 aliphatic heterocycles. The third kappa shape index (κ3) is 3.90. The largest absolute Gasteiger partial charge is 0.325 e. The zero-order valence-electron chi connectivity index (χ0n) is 14.9. The number of hydrogen-bond donors (Lipinski definition) is 1. The number of thioether (sulfide) groups is 1. The van der Waals surface area contributed by atoms with E-state index < -0.39 is 10.0 Å². The topological polar surface area (TPSA) is 66.5 Å². The average Bonchev–Trinajstić information content (AvgIpc) is 3.13.